The van der Waals surface area contributed by atoms with Crippen molar-refractivity contribution in [3.05, 3.63) is 70.9 Å². The summed E-state index contributed by atoms with van der Waals surface area (Å²) >= 11 is 0. The summed E-state index contributed by atoms with van der Waals surface area (Å²) < 4.78 is 24.1. The lowest BCUT2D eigenvalue weighted by molar-refractivity contribution is -0.228. The summed E-state index contributed by atoms with van der Waals surface area (Å²) in [7, 11) is 6.25. The number of aromatic amines is 1. The number of rotatable bonds is 8. The summed E-state index contributed by atoms with van der Waals surface area (Å²) in [6.07, 6.45) is 6.08. The molecule has 6 heterocycles. The van der Waals surface area contributed by atoms with Gasteiger partial charge in [-0.15, -0.1) is 0 Å². The first-order chi connectivity index (χ1) is 28.9. The Hall–Kier alpha value is -4.43. The van der Waals surface area contributed by atoms with Crippen molar-refractivity contribution in [2.75, 3.05) is 72.5 Å². The average Bonchev–Trinajstić information content (AvgIpc) is 3.92. The molecule has 2 saturated heterocycles. The molecule has 3 fully saturated rings. The largest absolute Gasteiger partial charge is 0.496 e. The zero-order valence-electron chi connectivity index (χ0n) is 36.1. The minimum atomic E-state index is -2.29. The molecule has 2 aromatic carbocycles. The first-order valence-corrected chi connectivity index (χ1v) is 21.8. The van der Waals surface area contributed by atoms with Gasteiger partial charge < -0.3 is 44.6 Å². The zero-order valence-corrected chi connectivity index (χ0v) is 36.1. The summed E-state index contributed by atoms with van der Waals surface area (Å²) in [6.45, 7) is 10.0. The number of aromatic nitrogens is 1. The number of likely N-dealkylation sites (N-methyl/N-ethyl adjacent to an activating group) is 1. The molecule has 13 heteroatoms. The van der Waals surface area contributed by atoms with Crippen LogP contribution in [0.15, 0.2) is 48.6 Å². The summed E-state index contributed by atoms with van der Waals surface area (Å²) in [5.41, 5.74) is 6.34. The lowest BCUT2D eigenvalue weighted by atomic mass is 9.47. The number of anilines is 1. The Morgan fingerprint density at radius 2 is 1.77 bits per heavy atom. The molecule has 3 aromatic rings. The molecular weight excluding hydrogens is 763 g/mol. The van der Waals surface area contributed by atoms with E-state index in [0.717, 1.165) is 65.9 Å². The van der Waals surface area contributed by atoms with Gasteiger partial charge in [0.25, 0.3) is 0 Å². The Labute approximate surface area is 352 Å². The molecule has 1 unspecified atom stereocenters. The van der Waals surface area contributed by atoms with Crippen LogP contribution in [-0.4, -0.2) is 129 Å². The van der Waals surface area contributed by atoms with E-state index in [1.54, 1.807) is 7.11 Å². The number of ether oxygens (including phenoxy) is 4. The highest BCUT2D eigenvalue weighted by atomic mass is 16.6. The molecule has 1 spiro atoms. The van der Waals surface area contributed by atoms with E-state index < -0.39 is 51.9 Å². The molecular formula is C47H61N5O8. The van der Waals surface area contributed by atoms with Gasteiger partial charge >= 0.3 is 17.9 Å². The zero-order chi connectivity index (χ0) is 42.5. The fraction of sp³-hybridized carbons (Fsp3) is 0.596. The molecule has 6 aliphatic rings. The summed E-state index contributed by atoms with van der Waals surface area (Å²) in [5, 5.41) is 14.4. The number of benzene rings is 2. The van der Waals surface area contributed by atoms with Gasteiger partial charge in [0.05, 0.1) is 27.4 Å². The first kappa shape index (κ1) is 40.9. The number of esters is 3. The Bertz CT molecular complexity index is 2260. The van der Waals surface area contributed by atoms with E-state index in [2.05, 4.69) is 52.1 Å². The van der Waals surface area contributed by atoms with Crippen LogP contribution in [-0.2, 0) is 45.8 Å². The third kappa shape index (κ3) is 5.21. The van der Waals surface area contributed by atoms with Gasteiger partial charge in [-0.2, -0.15) is 0 Å². The van der Waals surface area contributed by atoms with Crippen LogP contribution in [0.5, 0.6) is 5.75 Å². The summed E-state index contributed by atoms with van der Waals surface area (Å²) in [5.74, 6) is -0.778. The number of para-hydroxylation sites is 1. The SMILES string of the molecule is CC[C@@H]1CN2CCc3c([nH]c4ccccc34)[C@@](C(=O)OC)(c3cc4c(cc3OC)N(C)[C@H]3[C@@](O)(C(=O)OC)[C@H](OC(C)=O)[C@]5(CC)C=CCN6CC[C@]43[C@@H]65)C[C@H](C2)[C@@H]1CN. The maximum atomic E-state index is 15.5. The number of methoxy groups -OCH3 is 3. The molecule has 5 aliphatic heterocycles. The first-order valence-electron chi connectivity index (χ1n) is 21.8. The molecule has 1 aliphatic carbocycles. The number of hydrogen-bond donors (Lipinski definition) is 3. The molecule has 0 radical (unpaired) electrons. The Kier molecular flexibility index (Phi) is 9.96. The lowest BCUT2D eigenvalue weighted by Crippen LogP contribution is -2.81. The van der Waals surface area contributed by atoms with Crippen molar-refractivity contribution in [2.45, 2.75) is 87.5 Å². The van der Waals surface area contributed by atoms with E-state index in [1.807, 2.05) is 37.1 Å². The van der Waals surface area contributed by atoms with E-state index >= 15 is 4.79 Å². The van der Waals surface area contributed by atoms with Gasteiger partial charge in [0.2, 0.25) is 5.60 Å². The normalized spacial score (nSPS) is 36.5. The van der Waals surface area contributed by atoms with Gasteiger partial charge in [0.15, 0.2) is 6.10 Å². The number of H-pyrrole nitrogens is 1. The third-order valence-corrected chi connectivity index (χ3v) is 16.2. The second kappa shape index (κ2) is 14.6. The Balaban J connectivity index is 1.37. The van der Waals surface area contributed by atoms with E-state index in [9.17, 15) is 14.7 Å². The maximum Gasteiger partial charge on any atom is 0.344 e. The van der Waals surface area contributed by atoms with Crippen LogP contribution in [0.25, 0.3) is 10.9 Å². The van der Waals surface area contributed by atoms with Gasteiger partial charge in [0.1, 0.15) is 11.2 Å². The fourth-order valence-corrected chi connectivity index (χ4v) is 14.0. The molecule has 2 bridgehead atoms. The van der Waals surface area contributed by atoms with E-state index in [1.165, 1.54) is 21.1 Å². The number of piperidine rings is 1. The number of hydrogen-bond acceptors (Lipinski definition) is 12. The van der Waals surface area contributed by atoms with Crippen molar-refractivity contribution in [3.63, 3.8) is 0 Å². The summed E-state index contributed by atoms with van der Waals surface area (Å²) in [4.78, 5) is 53.7. The Morgan fingerprint density at radius 3 is 2.45 bits per heavy atom. The number of nitrogens with one attached hydrogen (secondary N) is 1. The summed E-state index contributed by atoms with van der Waals surface area (Å²) in [6, 6.07) is 11.2. The molecule has 9 rings (SSSR count). The molecule has 11 atom stereocenters. The van der Waals surface area contributed by atoms with Crippen molar-refractivity contribution < 1.29 is 38.4 Å². The van der Waals surface area contributed by atoms with Gasteiger partial charge in [-0.05, 0) is 79.8 Å². The van der Waals surface area contributed by atoms with Crippen molar-refractivity contribution >= 4 is 34.5 Å². The second-order valence-corrected chi connectivity index (χ2v) is 18.4. The van der Waals surface area contributed by atoms with Crippen molar-refractivity contribution in [1.29, 1.82) is 0 Å². The average molecular weight is 824 g/mol. The fourth-order valence-electron chi connectivity index (χ4n) is 14.0. The second-order valence-electron chi connectivity index (χ2n) is 18.4. The highest BCUT2D eigenvalue weighted by molar-refractivity contribution is 5.95. The number of fused-ring (bicyclic) bond motifs is 6. The van der Waals surface area contributed by atoms with Crippen LogP contribution >= 0.6 is 0 Å². The van der Waals surface area contributed by atoms with E-state index in [4.69, 9.17) is 24.7 Å². The quantitative estimate of drug-likeness (QED) is 0.170. The van der Waals surface area contributed by atoms with E-state index in [0.29, 0.717) is 56.1 Å². The van der Waals surface area contributed by atoms with Crippen LogP contribution in [0, 0.1) is 23.2 Å². The molecule has 1 saturated carbocycles. The number of aliphatic hydroxyl groups is 1. The van der Waals surface area contributed by atoms with Crippen LogP contribution in [0.4, 0.5) is 5.69 Å². The highest BCUT2D eigenvalue weighted by Crippen LogP contribution is 2.68. The predicted molar refractivity (Wildman–Crippen MR) is 227 cm³/mol. The van der Waals surface area contributed by atoms with Crippen LogP contribution in [0.2, 0.25) is 0 Å². The van der Waals surface area contributed by atoms with Crippen molar-refractivity contribution in [1.82, 2.24) is 14.8 Å². The third-order valence-electron chi connectivity index (χ3n) is 16.2. The smallest absolute Gasteiger partial charge is 0.344 e. The van der Waals surface area contributed by atoms with Crippen molar-refractivity contribution in [2.24, 2.45) is 28.9 Å². The molecule has 0 amide bonds. The van der Waals surface area contributed by atoms with Crippen LogP contribution < -0.4 is 15.4 Å². The number of carbonyl (C=O) groups excluding carboxylic acids is 3. The van der Waals surface area contributed by atoms with Gasteiger partial charge in [-0.1, -0.05) is 50.6 Å². The van der Waals surface area contributed by atoms with Gasteiger partial charge in [-0.25, -0.2) is 4.79 Å². The minimum absolute atomic E-state index is 0.0403. The van der Waals surface area contributed by atoms with Crippen LogP contribution in [0.3, 0.4) is 0 Å². The standard InChI is InChI=1S/C47H61N5O8/c1-8-28-25-51-19-15-31-30-13-10-11-14-35(30)49-38(31)46(42(54)58-6,23-29(26-51)32(28)24-48)34-21-33-36(22-37(34)57-5)50(4)40-45(33)17-20-52-18-12-16-44(9-2,39(45)52)41(60-27(3)53)47(40,56)43(55)59-7/h10-14,16,21-22,28-29,32,39-41,49,56H,8-9,15,17-20,23-26,48H2,1-7H3/t28-,29-,32-,39+,40-,41-,44-,45-,46+,47+/m1/s1. The number of nitrogens with zero attached hydrogens (tertiary/aromatic N) is 3. The minimum Gasteiger partial charge on any atom is -0.496 e. The highest BCUT2D eigenvalue weighted by Gasteiger charge is 2.80. The Morgan fingerprint density at radius 1 is 1.00 bits per heavy atom. The molecule has 322 valence electrons. The van der Waals surface area contributed by atoms with Crippen LogP contribution in [0.1, 0.15) is 68.8 Å². The lowest BCUT2D eigenvalue weighted by Gasteiger charge is -2.63. The monoisotopic (exact) mass is 823 g/mol. The maximum absolute atomic E-state index is 15.5. The molecule has 1 aromatic heterocycles. The topological polar surface area (TPSA) is 160 Å². The molecule has 13 nitrogen and oxygen atoms in total. The van der Waals surface area contributed by atoms with Crippen molar-refractivity contribution in [3.8, 4) is 5.75 Å². The number of nitrogens with two attached hydrogens (primary N) is 1. The molecule has 4 N–H and O–H groups in total. The van der Waals surface area contributed by atoms with Gasteiger partial charge in [-0.3, -0.25) is 14.5 Å². The van der Waals surface area contributed by atoms with Gasteiger partial charge in [0, 0.05) is 90.9 Å². The molecule has 60 heavy (non-hydrogen) atoms. The predicted octanol–water partition coefficient (Wildman–Crippen LogP) is 4.06. The van der Waals surface area contributed by atoms with E-state index in [-0.39, 0.29) is 17.9 Å². The number of carbonyl (C=O) groups is 3.